The molecular formula is C29H33FN8O2. The van der Waals surface area contributed by atoms with E-state index in [0.717, 1.165) is 31.2 Å². The van der Waals surface area contributed by atoms with Crippen molar-refractivity contribution in [1.29, 1.82) is 5.26 Å². The summed E-state index contributed by atoms with van der Waals surface area (Å²) in [4.78, 5) is 18.9. The van der Waals surface area contributed by atoms with E-state index >= 15 is 4.39 Å². The first-order chi connectivity index (χ1) is 19.0. The molecule has 0 radical (unpaired) electrons. The number of carbonyl (C=O) groups excluding carboxylic acids is 1. The lowest BCUT2D eigenvalue weighted by Crippen LogP contribution is -2.48. The zero-order chi connectivity index (χ0) is 28.6. The summed E-state index contributed by atoms with van der Waals surface area (Å²) in [6, 6.07) is 9.34. The molecule has 208 valence electrons. The summed E-state index contributed by atoms with van der Waals surface area (Å²) in [5.41, 5.74) is 8.25. The molecule has 0 spiro atoms. The number of alkyl halides is 1. The lowest BCUT2D eigenvalue weighted by molar-refractivity contribution is -0.000515. The van der Waals surface area contributed by atoms with Crippen LogP contribution >= 0.6 is 0 Å². The maximum atomic E-state index is 15.5. The summed E-state index contributed by atoms with van der Waals surface area (Å²) in [7, 11) is 0. The molecule has 40 heavy (non-hydrogen) atoms. The quantitative estimate of drug-likeness (QED) is 0.342. The van der Waals surface area contributed by atoms with Gasteiger partial charge in [-0.1, -0.05) is 0 Å². The molecule has 4 heterocycles. The van der Waals surface area contributed by atoms with Crippen molar-refractivity contribution in [1.82, 2.24) is 24.4 Å². The van der Waals surface area contributed by atoms with E-state index in [-0.39, 0.29) is 24.2 Å². The number of carbonyl (C=O) groups is 1. The van der Waals surface area contributed by atoms with E-state index < -0.39 is 17.7 Å². The molecule has 0 aromatic carbocycles. The Morgan fingerprint density at radius 3 is 2.60 bits per heavy atom. The van der Waals surface area contributed by atoms with E-state index in [1.807, 2.05) is 41.0 Å². The largest absolute Gasteiger partial charge is 0.387 e. The first-order valence-electron chi connectivity index (χ1n) is 13.4. The molecule has 1 atom stereocenters. The third-order valence-corrected chi connectivity index (χ3v) is 7.68. The number of primary amides is 1. The van der Waals surface area contributed by atoms with Crippen LogP contribution in [0.2, 0.25) is 0 Å². The normalized spacial score (nSPS) is 18.4. The molecular weight excluding hydrogens is 511 g/mol. The predicted octanol–water partition coefficient (Wildman–Crippen LogP) is 3.97. The minimum Gasteiger partial charge on any atom is -0.387 e. The van der Waals surface area contributed by atoms with Crippen molar-refractivity contribution in [2.45, 2.75) is 70.3 Å². The number of fused-ring (bicyclic) bond motifs is 1. The highest BCUT2D eigenvalue weighted by Gasteiger charge is 2.35. The number of nitriles is 1. The van der Waals surface area contributed by atoms with Crippen molar-refractivity contribution in [2.75, 3.05) is 11.4 Å². The number of hydrogen-bond donors (Lipinski definition) is 2. The molecule has 10 nitrogen and oxygen atoms in total. The lowest BCUT2D eigenvalue weighted by atomic mass is 9.88. The van der Waals surface area contributed by atoms with Gasteiger partial charge in [0.25, 0.3) is 5.91 Å². The molecule has 5 rings (SSSR count). The van der Waals surface area contributed by atoms with Crippen LogP contribution in [-0.2, 0) is 0 Å². The van der Waals surface area contributed by atoms with Crippen molar-refractivity contribution in [3.63, 3.8) is 0 Å². The van der Waals surface area contributed by atoms with Crippen LogP contribution in [0.3, 0.4) is 0 Å². The highest BCUT2D eigenvalue weighted by Crippen LogP contribution is 2.36. The van der Waals surface area contributed by atoms with Gasteiger partial charge in [0.15, 0.2) is 0 Å². The number of aryl methyl sites for hydroxylation is 1. The average molecular weight is 545 g/mol. The molecule has 0 saturated heterocycles. The summed E-state index contributed by atoms with van der Waals surface area (Å²) in [6.07, 6.45) is 8.32. The molecule has 1 aliphatic carbocycles. The van der Waals surface area contributed by atoms with E-state index in [0.29, 0.717) is 28.2 Å². The second-order valence-electron chi connectivity index (χ2n) is 11.1. The minimum atomic E-state index is -1.59. The van der Waals surface area contributed by atoms with Gasteiger partial charge >= 0.3 is 0 Å². The van der Waals surface area contributed by atoms with Crippen molar-refractivity contribution in [2.24, 2.45) is 5.73 Å². The molecule has 4 aromatic heterocycles. The van der Waals surface area contributed by atoms with Gasteiger partial charge in [0.05, 0.1) is 64.3 Å². The van der Waals surface area contributed by atoms with Gasteiger partial charge in [-0.2, -0.15) is 15.5 Å². The molecule has 1 fully saturated rings. The van der Waals surface area contributed by atoms with Crippen LogP contribution in [0.5, 0.6) is 0 Å². The van der Waals surface area contributed by atoms with Gasteiger partial charge < -0.3 is 15.7 Å². The zero-order valence-corrected chi connectivity index (χ0v) is 22.8. The average Bonchev–Trinajstić information content (AvgIpc) is 3.56. The van der Waals surface area contributed by atoms with Crippen LogP contribution in [0, 0.1) is 18.3 Å². The molecule has 3 N–H and O–H groups in total. The Kier molecular flexibility index (Phi) is 7.29. The number of hydrogen-bond acceptors (Lipinski definition) is 7. The van der Waals surface area contributed by atoms with Crippen molar-refractivity contribution in [3.8, 4) is 17.5 Å². The number of nitrogens with zero attached hydrogens (tertiary/aromatic N) is 7. The van der Waals surface area contributed by atoms with Crippen molar-refractivity contribution < 1.29 is 14.3 Å². The highest BCUT2D eigenvalue weighted by atomic mass is 19.1. The molecule has 4 aromatic rings. The van der Waals surface area contributed by atoms with E-state index in [4.69, 9.17) is 5.73 Å². The number of rotatable bonds is 8. The first kappa shape index (κ1) is 27.3. The summed E-state index contributed by atoms with van der Waals surface area (Å²) < 4.78 is 19.1. The Bertz CT molecular complexity index is 1570. The van der Waals surface area contributed by atoms with Crippen LogP contribution in [0.4, 0.5) is 10.1 Å². The van der Waals surface area contributed by atoms with Gasteiger partial charge in [0.1, 0.15) is 12.2 Å². The fraction of sp³-hybridized carbons (Fsp3) is 0.414. The topological polar surface area (TPSA) is 138 Å². The van der Waals surface area contributed by atoms with Crippen LogP contribution in [0.15, 0.2) is 49.1 Å². The molecule has 0 aliphatic heterocycles. The van der Waals surface area contributed by atoms with Crippen LogP contribution < -0.4 is 10.6 Å². The number of pyridine rings is 1. The number of anilines is 1. The first-order valence-corrected chi connectivity index (χ1v) is 13.4. The van der Waals surface area contributed by atoms with Gasteiger partial charge in [0.2, 0.25) is 0 Å². The van der Waals surface area contributed by atoms with Crippen LogP contribution in [0.25, 0.3) is 16.9 Å². The summed E-state index contributed by atoms with van der Waals surface area (Å²) in [5.74, 6) is -0.671. The molecule has 0 unspecified atom stereocenters. The Morgan fingerprint density at radius 2 is 1.98 bits per heavy atom. The second kappa shape index (κ2) is 10.7. The maximum Gasteiger partial charge on any atom is 0.252 e. The Labute approximate surface area is 231 Å². The number of nitrogens with two attached hydrogens (primary N) is 1. The third-order valence-electron chi connectivity index (χ3n) is 7.68. The minimum absolute atomic E-state index is 0.0952. The number of halogens is 1. The van der Waals surface area contributed by atoms with Gasteiger partial charge in [-0.05, 0) is 76.3 Å². The Balaban J connectivity index is 1.54. The van der Waals surface area contributed by atoms with E-state index in [9.17, 15) is 15.2 Å². The van der Waals surface area contributed by atoms with E-state index in [2.05, 4.69) is 21.3 Å². The Morgan fingerprint density at radius 1 is 1.23 bits per heavy atom. The Hall–Kier alpha value is -4.30. The molecule has 1 saturated carbocycles. The van der Waals surface area contributed by atoms with Crippen molar-refractivity contribution >= 4 is 17.1 Å². The van der Waals surface area contributed by atoms with Crippen LogP contribution in [0.1, 0.15) is 67.1 Å². The fourth-order valence-electron chi connectivity index (χ4n) is 5.37. The predicted molar refractivity (Wildman–Crippen MR) is 148 cm³/mol. The zero-order valence-electron chi connectivity index (χ0n) is 22.8. The van der Waals surface area contributed by atoms with Gasteiger partial charge in [0, 0.05) is 18.4 Å². The van der Waals surface area contributed by atoms with Crippen LogP contribution in [-0.4, -0.2) is 59.8 Å². The SMILES string of the molecule is Cc1cnn(C2CCC(N(C[C@@H](F)C(C)(C)O)c3cc(-c4ccc5cc(C#N)cnn45)ncc3C(N)=O)CC2)c1. The second-order valence-corrected chi connectivity index (χ2v) is 11.1. The third kappa shape index (κ3) is 5.40. The van der Waals surface area contributed by atoms with Gasteiger partial charge in [-0.15, -0.1) is 0 Å². The molecule has 1 aliphatic rings. The van der Waals surface area contributed by atoms with Gasteiger partial charge in [-0.25, -0.2) is 8.91 Å². The smallest absolute Gasteiger partial charge is 0.252 e. The monoisotopic (exact) mass is 544 g/mol. The standard InChI is InChI=1S/C29H33FN8O2/c1-18-13-34-37(16-18)21-6-4-20(5-7-21)36(17-27(30)29(2,3)40)26-11-24(33-15-23(26)28(32)39)25-9-8-22-10-19(12-31)14-35-38(22)25/h8-11,13-16,20-21,27,40H,4-7,17H2,1-3H3,(H2,32,39)/t20?,21?,27-/m1/s1. The summed E-state index contributed by atoms with van der Waals surface area (Å²) >= 11 is 0. The van der Waals surface area contributed by atoms with E-state index in [1.54, 1.807) is 16.6 Å². The van der Waals surface area contributed by atoms with E-state index in [1.165, 1.54) is 26.2 Å². The summed E-state index contributed by atoms with van der Waals surface area (Å²) in [6.45, 7) is 4.76. The number of amides is 1. The summed E-state index contributed by atoms with van der Waals surface area (Å²) in [5, 5.41) is 28.5. The number of aromatic nitrogens is 5. The fourth-order valence-corrected chi connectivity index (χ4v) is 5.37. The molecule has 0 bridgehead atoms. The number of aliphatic hydroxyl groups is 1. The maximum absolute atomic E-state index is 15.5. The van der Waals surface area contributed by atoms with Gasteiger partial charge in [-0.3, -0.25) is 14.5 Å². The molecule has 11 heteroatoms. The van der Waals surface area contributed by atoms with Crippen molar-refractivity contribution in [3.05, 3.63) is 65.7 Å². The lowest BCUT2D eigenvalue weighted by Gasteiger charge is -2.41. The highest BCUT2D eigenvalue weighted by molar-refractivity contribution is 5.99. The molecule has 1 amide bonds.